The van der Waals surface area contributed by atoms with Crippen LogP contribution in [0.1, 0.15) is 42.4 Å². The highest BCUT2D eigenvalue weighted by atomic mass is 32.2. The number of hydrogen-bond donors (Lipinski definition) is 1. The predicted octanol–water partition coefficient (Wildman–Crippen LogP) is 3.31. The summed E-state index contributed by atoms with van der Waals surface area (Å²) in [5, 5.41) is 2.84. The van der Waals surface area contributed by atoms with Crippen molar-refractivity contribution in [1.82, 2.24) is 9.29 Å². The Morgan fingerprint density at radius 1 is 1.07 bits per heavy atom. The van der Waals surface area contributed by atoms with Gasteiger partial charge in [0.05, 0.1) is 4.90 Å². The molecule has 1 N–H and O–H groups in total. The lowest BCUT2D eigenvalue weighted by Gasteiger charge is -2.30. The molecule has 1 aromatic carbocycles. The number of aryl methyl sites for hydroxylation is 3. The maximum Gasteiger partial charge on any atom is 0.243 e. The van der Waals surface area contributed by atoms with E-state index in [0.717, 1.165) is 30.4 Å². The number of benzene rings is 1. The van der Waals surface area contributed by atoms with Crippen LogP contribution >= 0.6 is 0 Å². The number of rotatable bonds is 4. The normalized spacial score (nSPS) is 18.2. The van der Waals surface area contributed by atoms with Crippen LogP contribution in [-0.4, -0.2) is 36.7 Å². The first-order valence-corrected chi connectivity index (χ1v) is 11.7. The van der Waals surface area contributed by atoms with E-state index in [-0.39, 0.29) is 11.8 Å². The topological polar surface area (TPSA) is 79.4 Å². The van der Waals surface area contributed by atoms with Crippen LogP contribution < -0.4 is 5.32 Å². The SMILES string of the molecule is Cc1ccc(NC(=O)C2CCN(S(=O)(=O)c3ccc4c(c3)CCCC4)CC2)nc1. The molecule has 6 nitrogen and oxygen atoms in total. The number of fused-ring (bicyclic) bond motifs is 1. The standard InChI is InChI=1S/C22H27N3O3S/c1-16-6-9-21(23-15-16)24-22(26)18-10-12-25(13-11-18)29(27,28)20-8-7-17-4-2-3-5-19(17)14-20/h6-9,14-15,18H,2-5,10-13H2,1H3,(H,23,24,26). The number of anilines is 1. The lowest BCUT2D eigenvalue weighted by molar-refractivity contribution is -0.120. The smallest absolute Gasteiger partial charge is 0.243 e. The van der Waals surface area contributed by atoms with Gasteiger partial charge in [-0.2, -0.15) is 4.31 Å². The van der Waals surface area contributed by atoms with Gasteiger partial charge in [-0.25, -0.2) is 13.4 Å². The molecular formula is C22H27N3O3S. The summed E-state index contributed by atoms with van der Waals surface area (Å²) in [5.74, 6) is 0.241. The van der Waals surface area contributed by atoms with Crippen molar-refractivity contribution in [1.29, 1.82) is 0 Å². The lowest BCUT2D eigenvalue weighted by Crippen LogP contribution is -2.41. The summed E-state index contributed by atoms with van der Waals surface area (Å²) < 4.78 is 27.7. The molecule has 0 saturated carbocycles. The quantitative estimate of drug-likeness (QED) is 0.834. The molecule has 1 amide bonds. The summed E-state index contributed by atoms with van der Waals surface area (Å²) in [7, 11) is -3.52. The molecule has 2 heterocycles. The first kappa shape index (κ1) is 20.0. The molecule has 1 aliphatic carbocycles. The molecule has 0 spiro atoms. The van der Waals surface area contributed by atoms with Gasteiger partial charge >= 0.3 is 0 Å². The van der Waals surface area contributed by atoms with Crippen LogP contribution in [0, 0.1) is 12.8 Å². The first-order chi connectivity index (χ1) is 13.9. The van der Waals surface area contributed by atoms with Gasteiger partial charge in [0.25, 0.3) is 0 Å². The largest absolute Gasteiger partial charge is 0.310 e. The van der Waals surface area contributed by atoms with Gasteiger partial charge in [-0.3, -0.25) is 4.79 Å². The second-order valence-corrected chi connectivity index (χ2v) is 9.96. The monoisotopic (exact) mass is 413 g/mol. The Bertz CT molecular complexity index is 994. The Hall–Kier alpha value is -2.25. The van der Waals surface area contributed by atoms with Gasteiger partial charge in [-0.1, -0.05) is 12.1 Å². The van der Waals surface area contributed by atoms with E-state index in [2.05, 4.69) is 10.3 Å². The van der Waals surface area contributed by atoms with E-state index >= 15 is 0 Å². The summed E-state index contributed by atoms with van der Waals surface area (Å²) in [6.45, 7) is 2.66. The van der Waals surface area contributed by atoms with Crippen LogP contribution in [0.2, 0.25) is 0 Å². The molecule has 0 bridgehead atoms. The third-order valence-electron chi connectivity index (χ3n) is 5.95. The molecule has 2 aromatic rings. The molecule has 1 saturated heterocycles. The molecule has 0 atom stereocenters. The van der Waals surface area contributed by atoms with E-state index in [1.807, 2.05) is 25.1 Å². The Kier molecular flexibility index (Phi) is 5.69. The predicted molar refractivity (Wildman–Crippen MR) is 112 cm³/mol. The van der Waals surface area contributed by atoms with Crippen molar-refractivity contribution >= 4 is 21.7 Å². The molecule has 154 valence electrons. The zero-order valence-electron chi connectivity index (χ0n) is 16.7. The number of carbonyl (C=O) groups excluding carboxylic acids is 1. The zero-order valence-corrected chi connectivity index (χ0v) is 17.5. The van der Waals surface area contributed by atoms with Gasteiger partial charge in [0.2, 0.25) is 15.9 Å². The second-order valence-electron chi connectivity index (χ2n) is 8.03. The summed E-state index contributed by atoms with van der Waals surface area (Å²) in [6, 6.07) is 9.24. The fraction of sp³-hybridized carbons (Fsp3) is 0.455. The van der Waals surface area contributed by atoms with Crippen LogP contribution in [0.15, 0.2) is 41.4 Å². The Labute approximate surface area is 172 Å². The molecule has 1 fully saturated rings. The summed E-state index contributed by atoms with van der Waals surface area (Å²) in [6.07, 6.45) is 7.02. The van der Waals surface area contributed by atoms with Gasteiger partial charge < -0.3 is 5.32 Å². The van der Waals surface area contributed by atoms with E-state index < -0.39 is 10.0 Å². The highest BCUT2D eigenvalue weighted by Crippen LogP contribution is 2.28. The van der Waals surface area contributed by atoms with Crippen molar-refractivity contribution in [2.75, 3.05) is 18.4 Å². The van der Waals surface area contributed by atoms with Crippen molar-refractivity contribution in [2.24, 2.45) is 5.92 Å². The van der Waals surface area contributed by atoms with E-state index in [0.29, 0.717) is 36.6 Å². The highest BCUT2D eigenvalue weighted by molar-refractivity contribution is 7.89. The van der Waals surface area contributed by atoms with Crippen molar-refractivity contribution in [3.05, 3.63) is 53.2 Å². The minimum Gasteiger partial charge on any atom is -0.310 e. The van der Waals surface area contributed by atoms with Gasteiger partial charge in [0.1, 0.15) is 5.82 Å². The fourth-order valence-corrected chi connectivity index (χ4v) is 5.67. The number of nitrogens with zero attached hydrogens (tertiary/aromatic N) is 2. The Morgan fingerprint density at radius 2 is 1.79 bits per heavy atom. The molecule has 0 radical (unpaired) electrons. The molecule has 0 unspecified atom stereocenters. The lowest BCUT2D eigenvalue weighted by atomic mass is 9.92. The second kappa shape index (κ2) is 8.24. The van der Waals surface area contributed by atoms with Crippen LogP contribution in [0.3, 0.4) is 0 Å². The number of pyridine rings is 1. The molecule has 1 aromatic heterocycles. The first-order valence-electron chi connectivity index (χ1n) is 10.3. The minimum atomic E-state index is -3.52. The summed E-state index contributed by atoms with van der Waals surface area (Å²) in [5.41, 5.74) is 3.47. The van der Waals surface area contributed by atoms with E-state index in [1.165, 1.54) is 16.3 Å². The van der Waals surface area contributed by atoms with Crippen LogP contribution in [-0.2, 0) is 27.7 Å². The van der Waals surface area contributed by atoms with Crippen molar-refractivity contribution in [3.63, 3.8) is 0 Å². The van der Waals surface area contributed by atoms with E-state index in [4.69, 9.17) is 0 Å². The van der Waals surface area contributed by atoms with Crippen molar-refractivity contribution < 1.29 is 13.2 Å². The van der Waals surface area contributed by atoms with Crippen LogP contribution in [0.25, 0.3) is 0 Å². The maximum atomic E-state index is 13.1. The molecular weight excluding hydrogens is 386 g/mol. The number of hydrogen-bond acceptors (Lipinski definition) is 4. The third kappa shape index (κ3) is 4.36. The number of nitrogens with one attached hydrogen (secondary N) is 1. The van der Waals surface area contributed by atoms with Gasteiger partial charge in [0, 0.05) is 25.2 Å². The molecule has 7 heteroatoms. The van der Waals surface area contributed by atoms with Gasteiger partial charge in [0.15, 0.2) is 0 Å². The average Bonchev–Trinajstić information content (AvgIpc) is 2.75. The Morgan fingerprint density at radius 3 is 2.48 bits per heavy atom. The molecule has 2 aliphatic rings. The summed E-state index contributed by atoms with van der Waals surface area (Å²) >= 11 is 0. The summed E-state index contributed by atoms with van der Waals surface area (Å²) in [4.78, 5) is 17.1. The highest BCUT2D eigenvalue weighted by Gasteiger charge is 2.32. The number of carbonyl (C=O) groups is 1. The third-order valence-corrected chi connectivity index (χ3v) is 7.84. The van der Waals surface area contributed by atoms with Crippen LogP contribution in [0.5, 0.6) is 0 Å². The maximum absolute atomic E-state index is 13.1. The number of aromatic nitrogens is 1. The molecule has 29 heavy (non-hydrogen) atoms. The van der Waals surface area contributed by atoms with Crippen molar-refractivity contribution in [2.45, 2.75) is 50.3 Å². The van der Waals surface area contributed by atoms with Crippen molar-refractivity contribution in [3.8, 4) is 0 Å². The van der Waals surface area contributed by atoms with E-state index in [9.17, 15) is 13.2 Å². The fourth-order valence-electron chi connectivity index (χ4n) is 4.15. The minimum absolute atomic E-state index is 0.0906. The number of piperidine rings is 1. The van der Waals surface area contributed by atoms with Crippen LogP contribution in [0.4, 0.5) is 5.82 Å². The number of amides is 1. The Balaban J connectivity index is 1.39. The average molecular weight is 414 g/mol. The van der Waals surface area contributed by atoms with Gasteiger partial charge in [-0.15, -0.1) is 0 Å². The van der Waals surface area contributed by atoms with E-state index in [1.54, 1.807) is 18.3 Å². The molecule has 4 rings (SSSR count). The number of sulfonamides is 1. The van der Waals surface area contributed by atoms with Gasteiger partial charge in [-0.05, 0) is 80.3 Å². The molecule has 1 aliphatic heterocycles. The zero-order chi connectivity index (χ0) is 20.4.